The van der Waals surface area contributed by atoms with Crippen LogP contribution >= 0.6 is 0 Å². The van der Waals surface area contributed by atoms with Gasteiger partial charge in [-0.2, -0.15) is 0 Å². The molecular formula is C12H10F2N2O2. The zero-order valence-electron chi connectivity index (χ0n) is 9.46. The Hall–Kier alpha value is -2.24. The Morgan fingerprint density at radius 2 is 2.00 bits per heavy atom. The van der Waals surface area contributed by atoms with Gasteiger partial charge in [-0.15, -0.1) is 8.78 Å². The molecule has 2 heterocycles. The lowest BCUT2D eigenvalue weighted by molar-refractivity contribution is -0.286. The van der Waals surface area contributed by atoms with Crippen LogP contribution < -0.4 is 14.8 Å². The van der Waals surface area contributed by atoms with Gasteiger partial charge in [0.2, 0.25) is 0 Å². The molecule has 4 nitrogen and oxygen atoms in total. The zero-order chi connectivity index (χ0) is 12.8. The van der Waals surface area contributed by atoms with Crippen molar-refractivity contribution in [1.82, 2.24) is 4.98 Å². The van der Waals surface area contributed by atoms with Gasteiger partial charge in [-0.3, -0.25) is 0 Å². The number of ether oxygens (including phenoxy) is 2. The van der Waals surface area contributed by atoms with E-state index in [0.717, 1.165) is 11.3 Å². The van der Waals surface area contributed by atoms with E-state index in [9.17, 15) is 8.78 Å². The highest BCUT2D eigenvalue weighted by Crippen LogP contribution is 2.48. The average Bonchev–Trinajstić information content (AvgIpc) is 2.89. The lowest BCUT2D eigenvalue weighted by atomic mass is 10.1. The van der Waals surface area contributed by atoms with Crippen LogP contribution in [-0.2, 0) is 0 Å². The Kier molecular flexibility index (Phi) is 2.19. The van der Waals surface area contributed by atoms with Crippen LogP contribution in [0.1, 0.15) is 0 Å². The van der Waals surface area contributed by atoms with E-state index in [1.807, 2.05) is 0 Å². The largest absolute Gasteiger partial charge is 0.586 e. The molecule has 0 saturated carbocycles. The lowest BCUT2D eigenvalue weighted by Gasteiger charge is -2.07. The lowest BCUT2D eigenvalue weighted by Crippen LogP contribution is -2.26. The number of alkyl halides is 2. The Bertz CT molecular complexity index is 596. The normalized spacial score (nSPS) is 15.7. The van der Waals surface area contributed by atoms with Gasteiger partial charge in [-0.25, -0.2) is 0 Å². The molecule has 1 aliphatic heterocycles. The van der Waals surface area contributed by atoms with Gasteiger partial charge in [-0.05, 0) is 6.07 Å². The molecule has 2 N–H and O–H groups in total. The van der Waals surface area contributed by atoms with Crippen LogP contribution in [0.5, 0.6) is 11.5 Å². The van der Waals surface area contributed by atoms with Gasteiger partial charge in [0.25, 0.3) is 0 Å². The molecule has 0 spiro atoms. The first-order chi connectivity index (χ1) is 8.61. The number of H-pyrrole nitrogens is 1. The van der Waals surface area contributed by atoms with Crippen LogP contribution in [0.25, 0.3) is 11.1 Å². The number of aromatic amines is 1. The van der Waals surface area contributed by atoms with E-state index in [1.54, 1.807) is 31.6 Å². The number of anilines is 1. The smallest absolute Gasteiger partial charge is 0.395 e. The van der Waals surface area contributed by atoms with Crippen LogP contribution in [-0.4, -0.2) is 18.3 Å². The first kappa shape index (κ1) is 10.9. The summed E-state index contributed by atoms with van der Waals surface area (Å²) >= 11 is 0. The van der Waals surface area contributed by atoms with Gasteiger partial charge in [0.15, 0.2) is 11.5 Å². The molecule has 6 heteroatoms. The second-order valence-electron chi connectivity index (χ2n) is 3.83. The summed E-state index contributed by atoms with van der Waals surface area (Å²) in [5, 5.41) is 2.97. The Morgan fingerprint density at radius 3 is 2.78 bits per heavy atom. The average molecular weight is 252 g/mol. The van der Waals surface area contributed by atoms with Crippen molar-refractivity contribution in [3.63, 3.8) is 0 Å². The second kappa shape index (κ2) is 3.63. The summed E-state index contributed by atoms with van der Waals surface area (Å²) in [4.78, 5) is 2.91. The standard InChI is InChI=1S/C12H10F2N2O2/c1-15-9-6-16-5-8(9)7-3-2-4-10-11(7)18-12(13,14)17-10/h2-6,15-16H,1H3. The van der Waals surface area contributed by atoms with Crippen molar-refractivity contribution >= 4 is 5.69 Å². The fourth-order valence-corrected chi connectivity index (χ4v) is 1.97. The zero-order valence-corrected chi connectivity index (χ0v) is 9.46. The minimum Gasteiger partial charge on any atom is -0.395 e. The summed E-state index contributed by atoms with van der Waals surface area (Å²) in [7, 11) is 1.75. The van der Waals surface area contributed by atoms with E-state index in [4.69, 9.17) is 0 Å². The van der Waals surface area contributed by atoms with Crippen LogP contribution in [0.2, 0.25) is 0 Å². The van der Waals surface area contributed by atoms with Gasteiger partial charge in [0, 0.05) is 30.6 Å². The molecule has 0 fully saturated rings. The van der Waals surface area contributed by atoms with E-state index >= 15 is 0 Å². The molecule has 0 amide bonds. The Morgan fingerprint density at radius 1 is 1.17 bits per heavy atom. The summed E-state index contributed by atoms with van der Waals surface area (Å²) in [5.74, 6) is 0.0966. The van der Waals surface area contributed by atoms with Gasteiger partial charge >= 0.3 is 6.29 Å². The van der Waals surface area contributed by atoms with Crippen molar-refractivity contribution in [2.45, 2.75) is 6.29 Å². The summed E-state index contributed by atoms with van der Waals surface area (Å²) < 4.78 is 35.1. The predicted octanol–water partition coefficient (Wildman–Crippen LogP) is 3.04. The molecule has 18 heavy (non-hydrogen) atoms. The minimum atomic E-state index is -3.60. The van der Waals surface area contributed by atoms with Gasteiger partial charge in [0.05, 0.1) is 5.69 Å². The number of benzene rings is 1. The van der Waals surface area contributed by atoms with E-state index in [2.05, 4.69) is 19.8 Å². The molecular weight excluding hydrogens is 242 g/mol. The summed E-state index contributed by atoms with van der Waals surface area (Å²) in [6.07, 6.45) is -0.154. The summed E-state index contributed by atoms with van der Waals surface area (Å²) in [5.41, 5.74) is 2.09. The third-order valence-corrected chi connectivity index (χ3v) is 2.73. The van der Waals surface area contributed by atoms with Gasteiger partial charge in [-0.1, -0.05) is 12.1 Å². The number of nitrogens with one attached hydrogen (secondary N) is 2. The van der Waals surface area contributed by atoms with E-state index in [1.165, 1.54) is 6.07 Å². The Balaban J connectivity index is 2.14. The van der Waals surface area contributed by atoms with Crippen molar-refractivity contribution in [1.29, 1.82) is 0 Å². The van der Waals surface area contributed by atoms with Gasteiger partial charge < -0.3 is 19.8 Å². The first-order valence-corrected chi connectivity index (χ1v) is 5.34. The molecule has 0 unspecified atom stereocenters. The van der Waals surface area contributed by atoms with E-state index in [0.29, 0.717) is 5.56 Å². The highest BCUT2D eigenvalue weighted by atomic mass is 19.3. The third kappa shape index (κ3) is 1.57. The van der Waals surface area contributed by atoms with Crippen molar-refractivity contribution in [3.05, 3.63) is 30.6 Å². The fraction of sp³-hybridized carbons (Fsp3) is 0.167. The fourth-order valence-electron chi connectivity index (χ4n) is 1.97. The highest BCUT2D eigenvalue weighted by molar-refractivity contribution is 5.83. The number of hydrogen-bond donors (Lipinski definition) is 2. The maximum absolute atomic E-state index is 13.1. The molecule has 94 valence electrons. The van der Waals surface area contributed by atoms with Crippen LogP contribution in [0.15, 0.2) is 30.6 Å². The SMILES string of the molecule is CNc1c[nH]cc1-c1cccc2c1OC(F)(F)O2. The molecule has 0 radical (unpaired) electrons. The number of hydrogen-bond acceptors (Lipinski definition) is 3. The molecule has 3 rings (SSSR count). The molecule has 2 aromatic rings. The van der Waals surface area contributed by atoms with Crippen LogP contribution in [0.4, 0.5) is 14.5 Å². The molecule has 0 atom stereocenters. The predicted molar refractivity (Wildman–Crippen MR) is 62.0 cm³/mol. The monoisotopic (exact) mass is 252 g/mol. The molecule has 1 aromatic carbocycles. The van der Waals surface area contributed by atoms with E-state index < -0.39 is 6.29 Å². The number of halogens is 2. The maximum atomic E-state index is 13.1. The third-order valence-electron chi connectivity index (χ3n) is 2.73. The number of rotatable bonds is 2. The number of para-hydroxylation sites is 1. The maximum Gasteiger partial charge on any atom is 0.586 e. The Labute approximate surface area is 102 Å². The molecule has 0 aliphatic carbocycles. The first-order valence-electron chi connectivity index (χ1n) is 5.34. The molecule has 0 saturated heterocycles. The molecule has 0 bridgehead atoms. The van der Waals surface area contributed by atoms with Crippen LogP contribution in [0, 0.1) is 0 Å². The van der Waals surface area contributed by atoms with E-state index in [-0.39, 0.29) is 11.5 Å². The molecule has 1 aromatic heterocycles. The van der Waals surface area contributed by atoms with Crippen molar-refractivity contribution in [2.75, 3.05) is 12.4 Å². The van der Waals surface area contributed by atoms with Crippen molar-refractivity contribution in [2.24, 2.45) is 0 Å². The topological polar surface area (TPSA) is 46.3 Å². The van der Waals surface area contributed by atoms with Crippen molar-refractivity contribution < 1.29 is 18.3 Å². The van der Waals surface area contributed by atoms with Crippen LogP contribution in [0.3, 0.4) is 0 Å². The number of aromatic nitrogens is 1. The highest BCUT2D eigenvalue weighted by Gasteiger charge is 2.44. The molecule has 1 aliphatic rings. The van der Waals surface area contributed by atoms with Gasteiger partial charge in [0.1, 0.15) is 0 Å². The number of fused-ring (bicyclic) bond motifs is 1. The van der Waals surface area contributed by atoms with Crippen molar-refractivity contribution in [3.8, 4) is 22.6 Å². The second-order valence-corrected chi connectivity index (χ2v) is 3.83. The summed E-state index contributed by atoms with van der Waals surface area (Å²) in [6, 6.07) is 4.80. The quantitative estimate of drug-likeness (QED) is 0.863. The minimum absolute atomic E-state index is 0.0424. The summed E-state index contributed by atoms with van der Waals surface area (Å²) in [6.45, 7) is 0.